The number of carbonyl (C=O) groups is 1. The van der Waals surface area contributed by atoms with Gasteiger partial charge in [-0.1, -0.05) is 54.6 Å². The normalized spacial score (nSPS) is 21.9. The van der Waals surface area contributed by atoms with Crippen molar-refractivity contribution >= 4 is 26.7 Å². The minimum absolute atomic E-state index is 0.0734. The van der Waals surface area contributed by atoms with Crippen molar-refractivity contribution in [2.75, 3.05) is 13.1 Å². The average Bonchev–Trinajstić information content (AvgIpc) is 3.20. The molecular weight excluding hydrogens is 412 g/mol. The largest absolute Gasteiger partial charge is 0.392 e. The summed E-state index contributed by atoms with van der Waals surface area (Å²) < 4.78 is 28.1. The number of carbonyl (C=O) groups excluding carboxylic acids is 1. The van der Waals surface area contributed by atoms with E-state index in [1.807, 2.05) is 42.5 Å². The summed E-state index contributed by atoms with van der Waals surface area (Å²) in [5.41, 5.74) is 2.31. The smallest absolute Gasteiger partial charge is 0.243 e. The van der Waals surface area contributed by atoms with Gasteiger partial charge in [-0.15, -0.1) is 0 Å². The van der Waals surface area contributed by atoms with Crippen LogP contribution in [0.5, 0.6) is 0 Å². The van der Waals surface area contributed by atoms with Crippen molar-refractivity contribution in [1.29, 1.82) is 0 Å². The van der Waals surface area contributed by atoms with Crippen LogP contribution in [0.1, 0.15) is 17.5 Å². The highest BCUT2D eigenvalue weighted by atomic mass is 32.2. The number of nitrogens with zero attached hydrogens (tertiary/aromatic N) is 2. The van der Waals surface area contributed by atoms with Crippen molar-refractivity contribution in [1.82, 2.24) is 9.21 Å². The molecule has 2 aliphatic heterocycles. The maximum absolute atomic E-state index is 13.5. The summed E-state index contributed by atoms with van der Waals surface area (Å²) >= 11 is 0. The molecule has 0 saturated carbocycles. The minimum Gasteiger partial charge on any atom is -0.392 e. The Morgan fingerprint density at radius 1 is 0.935 bits per heavy atom. The van der Waals surface area contributed by atoms with E-state index in [4.69, 9.17) is 0 Å². The van der Waals surface area contributed by atoms with E-state index in [1.54, 1.807) is 23.1 Å². The van der Waals surface area contributed by atoms with Crippen LogP contribution in [0.15, 0.2) is 71.6 Å². The third-order valence-electron chi connectivity index (χ3n) is 6.29. The Bertz CT molecular complexity index is 1260. The van der Waals surface area contributed by atoms with E-state index in [0.717, 1.165) is 22.8 Å². The lowest BCUT2D eigenvalue weighted by Crippen LogP contribution is -2.49. The molecule has 0 aromatic heterocycles. The van der Waals surface area contributed by atoms with Crippen LogP contribution in [-0.2, 0) is 27.8 Å². The molecule has 7 heteroatoms. The molecule has 0 bridgehead atoms. The van der Waals surface area contributed by atoms with Crippen LogP contribution in [0, 0.1) is 0 Å². The van der Waals surface area contributed by atoms with Gasteiger partial charge in [0.2, 0.25) is 15.9 Å². The molecule has 5 rings (SSSR count). The molecule has 160 valence electrons. The first-order valence-corrected chi connectivity index (χ1v) is 11.9. The van der Waals surface area contributed by atoms with Gasteiger partial charge < -0.3 is 10.0 Å². The first-order chi connectivity index (χ1) is 14.9. The van der Waals surface area contributed by atoms with Crippen LogP contribution < -0.4 is 0 Å². The van der Waals surface area contributed by atoms with E-state index in [2.05, 4.69) is 6.07 Å². The predicted molar refractivity (Wildman–Crippen MR) is 118 cm³/mol. The maximum atomic E-state index is 13.5. The number of amides is 1. The lowest BCUT2D eigenvalue weighted by Gasteiger charge is -2.33. The van der Waals surface area contributed by atoms with Crippen molar-refractivity contribution < 1.29 is 18.3 Å². The van der Waals surface area contributed by atoms with E-state index >= 15 is 0 Å². The Balaban J connectivity index is 1.44. The molecule has 0 radical (unpaired) electrons. The molecule has 1 fully saturated rings. The number of aliphatic hydroxyl groups excluding tert-OH is 1. The molecule has 31 heavy (non-hydrogen) atoms. The summed E-state index contributed by atoms with van der Waals surface area (Å²) in [6.07, 6.45) is -0.000419. The molecule has 1 amide bonds. The summed E-state index contributed by atoms with van der Waals surface area (Å²) in [5.74, 6) is -0.240. The molecule has 3 aromatic rings. The highest BCUT2D eigenvalue weighted by Gasteiger charge is 2.45. The summed E-state index contributed by atoms with van der Waals surface area (Å²) in [5, 5.41) is 12.0. The first kappa shape index (κ1) is 20.2. The fraction of sp³-hybridized carbons (Fsp3) is 0.292. The number of aliphatic hydroxyl groups is 1. The summed E-state index contributed by atoms with van der Waals surface area (Å²) in [6.45, 7) is 0.938. The third kappa shape index (κ3) is 3.63. The molecule has 1 saturated heterocycles. The number of β-amino-alcohol motifs (C(OH)–C–C–N with tert-alkyl or cyclic N) is 1. The van der Waals surface area contributed by atoms with E-state index in [-0.39, 0.29) is 23.8 Å². The second-order valence-corrected chi connectivity index (χ2v) is 10.2. The second kappa shape index (κ2) is 7.75. The van der Waals surface area contributed by atoms with Crippen molar-refractivity contribution in [3.8, 4) is 0 Å². The fourth-order valence-corrected chi connectivity index (χ4v) is 6.30. The van der Waals surface area contributed by atoms with Crippen LogP contribution in [0.3, 0.4) is 0 Å². The Labute approximate surface area is 181 Å². The predicted octanol–water partition coefficient (Wildman–Crippen LogP) is 2.55. The fourth-order valence-electron chi connectivity index (χ4n) is 4.63. The molecule has 2 unspecified atom stereocenters. The topological polar surface area (TPSA) is 77.9 Å². The van der Waals surface area contributed by atoms with Gasteiger partial charge in [-0.3, -0.25) is 4.79 Å². The standard InChI is InChI=1S/C24H24N2O4S/c27-21-14-23(24(28)25-12-11-18-6-2-4-8-20(18)15-25)26(16-21)31(29,30)22-10-9-17-5-1-3-7-19(17)13-22/h1-10,13,21,23,27H,11-12,14-16H2. The molecule has 0 spiro atoms. The van der Waals surface area contributed by atoms with E-state index in [0.29, 0.717) is 13.1 Å². The van der Waals surface area contributed by atoms with Gasteiger partial charge in [-0.25, -0.2) is 8.42 Å². The number of fused-ring (bicyclic) bond motifs is 2. The molecule has 2 atom stereocenters. The van der Waals surface area contributed by atoms with Gasteiger partial charge in [0, 0.05) is 26.1 Å². The van der Waals surface area contributed by atoms with Crippen molar-refractivity contribution in [3.05, 3.63) is 77.9 Å². The SMILES string of the molecule is O=C(C1CC(O)CN1S(=O)(=O)c1ccc2ccccc2c1)N1CCc2ccccc2C1. The lowest BCUT2D eigenvalue weighted by atomic mass is 9.99. The van der Waals surface area contributed by atoms with Gasteiger partial charge >= 0.3 is 0 Å². The average molecular weight is 437 g/mol. The number of benzene rings is 3. The van der Waals surface area contributed by atoms with Crippen LogP contribution in [0.2, 0.25) is 0 Å². The van der Waals surface area contributed by atoms with Gasteiger partial charge in [0.15, 0.2) is 0 Å². The number of hydrogen-bond donors (Lipinski definition) is 1. The number of rotatable bonds is 3. The summed E-state index contributed by atoms with van der Waals surface area (Å²) in [4.78, 5) is 15.2. The Hall–Kier alpha value is -2.74. The Morgan fingerprint density at radius 2 is 1.65 bits per heavy atom. The molecule has 1 N–H and O–H groups in total. The van der Waals surface area contributed by atoms with Gasteiger partial charge in [0.1, 0.15) is 6.04 Å². The monoisotopic (exact) mass is 436 g/mol. The van der Waals surface area contributed by atoms with E-state index in [9.17, 15) is 18.3 Å². The van der Waals surface area contributed by atoms with Crippen LogP contribution in [0.4, 0.5) is 0 Å². The van der Waals surface area contributed by atoms with E-state index in [1.165, 1.54) is 9.87 Å². The summed E-state index contributed by atoms with van der Waals surface area (Å²) in [6, 6.07) is 19.6. The zero-order valence-corrected chi connectivity index (χ0v) is 17.8. The van der Waals surface area contributed by atoms with E-state index < -0.39 is 22.2 Å². The van der Waals surface area contributed by atoms with Crippen molar-refractivity contribution in [3.63, 3.8) is 0 Å². The Morgan fingerprint density at radius 3 is 2.45 bits per heavy atom. The zero-order chi connectivity index (χ0) is 21.6. The summed E-state index contributed by atoms with van der Waals surface area (Å²) in [7, 11) is -3.93. The highest BCUT2D eigenvalue weighted by molar-refractivity contribution is 7.89. The molecule has 6 nitrogen and oxygen atoms in total. The molecule has 3 aromatic carbocycles. The second-order valence-electron chi connectivity index (χ2n) is 8.27. The van der Waals surface area contributed by atoms with Gasteiger partial charge in [-0.05, 0) is 40.5 Å². The Kier molecular flexibility index (Phi) is 5.04. The first-order valence-electron chi connectivity index (χ1n) is 10.5. The minimum atomic E-state index is -3.93. The quantitative estimate of drug-likeness (QED) is 0.685. The van der Waals surface area contributed by atoms with Gasteiger partial charge in [-0.2, -0.15) is 4.31 Å². The van der Waals surface area contributed by atoms with Crippen molar-refractivity contribution in [2.24, 2.45) is 0 Å². The molecule has 0 aliphatic carbocycles. The zero-order valence-electron chi connectivity index (χ0n) is 17.0. The molecule has 2 heterocycles. The van der Waals surface area contributed by atoms with Crippen LogP contribution in [-0.4, -0.2) is 53.9 Å². The van der Waals surface area contributed by atoms with Gasteiger partial charge in [0.25, 0.3) is 0 Å². The van der Waals surface area contributed by atoms with Crippen LogP contribution >= 0.6 is 0 Å². The van der Waals surface area contributed by atoms with Crippen molar-refractivity contribution in [2.45, 2.75) is 36.4 Å². The highest BCUT2D eigenvalue weighted by Crippen LogP contribution is 2.30. The van der Waals surface area contributed by atoms with Gasteiger partial charge in [0.05, 0.1) is 11.0 Å². The maximum Gasteiger partial charge on any atom is 0.243 e. The lowest BCUT2D eigenvalue weighted by molar-refractivity contribution is -0.135. The molecule has 2 aliphatic rings. The molecular formula is C24H24N2O4S. The van der Waals surface area contributed by atoms with Crippen LogP contribution in [0.25, 0.3) is 10.8 Å². The number of sulfonamides is 1. The number of hydrogen-bond acceptors (Lipinski definition) is 4. The third-order valence-corrected chi connectivity index (χ3v) is 8.16.